The fraction of sp³-hybridized carbons (Fsp3) is 0.0909. The zero-order valence-corrected chi connectivity index (χ0v) is 16.0. The van der Waals surface area contributed by atoms with Crippen LogP contribution in [0, 0.1) is 11.6 Å². The second kappa shape index (κ2) is 8.01. The fourth-order valence-electron chi connectivity index (χ4n) is 3.27. The normalized spacial score (nSPS) is 11.0. The van der Waals surface area contributed by atoms with Crippen LogP contribution in [0.3, 0.4) is 0 Å². The van der Waals surface area contributed by atoms with Crippen molar-refractivity contribution in [3.8, 4) is 0 Å². The van der Waals surface area contributed by atoms with E-state index < -0.39 is 17.2 Å². The molecule has 4 nitrogen and oxygen atoms in total. The summed E-state index contributed by atoms with van der Waals surface area (Å²) in [5, 5.41) is 1.01. The average Bonchev–Trinajstić information content (AvgIpc) is 2.71. The van der Waals surface area contributed by atoms with E-state index in [1.54, 1.807) is 18.3 Å². The van der Waals surface area contributed by atoms with Crippen molar-refractivity contribution in [2.45, 2.75) is 13.1 Å². The van der Waals surface area contributed by atoms with Gasteiger partial charge in [-0.3, -0.25) is 9.78 Å². The first-order valence-corrected chi connectivity index (χ1v) is 9.29. The molecule has 1 N–H and O–H groups in total. The Morgan fingerprint density at radius 3 is 2.62 bits per heavy atom. The summed E-state index contributed by atoms with van der Waals surface area (Å²) in [6.45, 7) is 0.724. The Bertz CT molecular complexity index is 1230. The molecular formula is C22H16ClF2N3O. The summed E-state index contributed by atoms with van der Waals surface area (Å²) in [7, 11) is 0. The van der Waals surface area contributed by atoms with Gasteiger partial charge in [-0.25, -0.2) is 8.78 Å². The highest BCUT2D eigenvalue weighted by molar-refractivity contribution is 6.30. The Morgan fingerprint density at radius 1 is 1.00 bits per heavy atom. The molecule has 0 aliphatic carbocycles. The molecule has 7 heteroatoms. The number of anilines is 1. The van der Waals surface area contributed by atoms with Gasteiger partial charge < -0.3 is 9.88 Å². The molecule has 0 bridgehead atoms. The van der Waals surface area contributed by atoms with E-state index in [9.17, 15) is 13.6 Å². The lowest BCUT2D eigenvalue weighted by atomic mass is 10.1. The van der Waals surface area contributed by atoms with Crippen LogP contribution in [0.1, 0.15) is 11.3 Å². The predicted molar refractivity (Wildman–Crippen MR) is 110 cm³/mol. The molecule has 4 aromatic rings. The third-order valence-electron chi connectivity index (χ3n) is 4.61. The number of halogens is 3. The highest BCUT2D eigenvalue weighted by atomic mass is 35.5. The maximum Gasteiger partial charge on any atom is 0.248 e. The summed E-state index contributed by atoms with van der Waals surface area (Å²) in [6.07, 6.45) is 1.70. The molecule has 29 heavy (non-hydrogen) atoms. The van der Waals surface area contributed by atoms with E-state index in [4.69, 9.17) is 11.6 Å². The van der Waals surface area contributed by atoms with Crippen molar-refractivity contribution >= 4 is 28.2 Å². The Hall–Kier alpha value is -3.25. The number of hydrogen-bond acceptors (Lipinski definition) is 3. The highest BCUT2D eigenvalue weighted by Gasteiger charge is 2.16. The van der Waals surface area contributed by atoms with E-state index in [0.717, 1.165) is 17.4 Å². The maximum absolute atomic E-state index is 14.2. The van der Waals surface area contributed by atoms with E-state index >= 15 is 0 Å². The number of benzene rings is 2. The van der Waals surface area contributed by atoms with Crippen LogP contribution in [-0.4, -0.2) is 9.97 Å². The molecular weight excluding hydrogens is 396 g/mol. The number of H-pyrrole nitrogens is 1. The van der Waals surface area contributed by atoms with Crippen molar-refractivity contribution < 1.29 is 8.78 Å². The van der Waals surface area contributed by atoms with Crippen molar-refractivity contribution in [1.29, 1.82) is 0 Å². The largest absolute Gasteiger partial charge is 0.361 e. The number of aromatic nitrogens is 2. The van der Waals surface area contributed by atoms with E-state index in [1.807, 2.05) is 35.2 Å². The smallest absolute Gasteiger partial charge is 0.248 e. The van der Waals surface area contributed by atoms with Gasteiger partial charge in [0.25, 0.3) is 0 Å². The molecule has 0 amide bonds. The average molecular weight is 412 g/mol. The molecule has 2 heterocycles. The van der Waals surface area contributed by atoms with Gasteiger partial charge in [-0.05, 0) is 48.0 Å². The summed E-state index contributed by atoms with van der Waals surface area (Å²) < 4.78 is 27.9. The van der Waals surface area contributed by atoms with Crippen LogP contribution in [0.15, 0.2) is 71.7 Å². The van der Waals surface area contributed by atoms with Crippen LogP contribution in [0.25, 0.3) is 10.9 Å². The summed E-state index contributed by atoms with van der Waals surface area (Å²) in [5.41, 5.74) is 1.56. The molecule has 0 saturated carbocycles. The van der Waals surface area contributed by atoms with Crippen molar-refractivity contribution in [3.05, 3.63) is 105 Å². The minimum Gasteiger partial charge on any atom is -0.361 e. The van der Waals surface area contributed by atoms with Crippen LogP contribution in [0.2, 0.25) is 5.02 Å². The van der Waals surface area contributed by atoms with Gasteiger partial charge in [0.05, 0.1) is 17.8 Å². The Balaban J connectivity index is 1.80. The number of nitrogens with zero attached hydrogens (tertiary/aromatic N) is 2. The summed E-state index contributed by atoms with van der Waals surface area (Å²) in [4.78, 5) is 20.8. The van der Waals surface area contributed by atoms with E-state index in [1.165, 1.54) is 12.1 Å². The third-order valence-corrected chi connectivity index (χ3v) is 4.84. The summed E-state index contributed by atoms with van der Waals surface area (Å²) in [6, 6.07) is 16.8. The van der Waals surface area contributed by atoms with Crippen LogP contribution >= 0.6 is 11.6 Å². The van der Waals surface area contributed by atoms with Crippen LogP contribution in [0.5, 0.6) is 0 Å². The zero-order valence-electron chi connectivity index (χ0n) is 15.2. The number of rotatable bonds is 5. The van der Waals surface area contributed by atoms with Crippen LogP contribution < -0.4 is 10.5 Å². The number of aromatic amines is 1. The summed E-state index contributed by atoms with van der Waals surface area (Å²) >= 11 is 6.16. The monoisotopic (exact) mass is 411 g/mol. The van der Waals surface area contributed by atoms with E-state index in [0.29, 0.717) is 22.5 Å². The van der Waals surface area contributed by atoms with Gasteiger partial charge in [-0.15, -0.1) is 0 Å². The second-order valence-corrected chi connectivity index (χ2v) is 7.04. The Morgan fingerprint density at radius 2 is 1.86 bits per heavy atom. The fourth-order valence-corrected chi connectivity index (χ4v) is 3.46. The molecule has 0 spiro atoms. The Kier molecular flexibility index (Phi) is 5.27. The lowest BCUT2D eigenvalue weighted by Gasteiger charge is -2.25. The van der Waals surface area contributed by atoms with Gasteiger partial charge in [-0.2, -0.15) is 0 Å². The molecule has 0 fully saturated rings. The molecule has 0 unspecified atom stereocenters. The van der Waals surface area contributed by atoms with E-state index in [2.05, 4.69) is 9.97 Å². The second-order valence-electron chi connectivity index (χ2n) is 6.60. The van der Waals surface area contributed by atoms with Gasteiger partial charge in [0.2, 0.25) is 5.56 Å². The molecule has 2 aromatic heterocycles. The third kappa shape index (κ3) is 4.12. The number of nitrogens with one attached hydrogen (secondary N) is 1. The van der Waals surface area contributed by atoms with Gasteiger partial charge in [0.1, 0.15) is 0 Å². The molecule has 0 aliphatic rings. The zero-order chi connectivity index (χ0) is 20.4. The number of hydrogen-bond donors (Lipinski definition) is 1. The molecule has 0 aliphatic heterocycles. The lowest BCUT2D eigenvalue weighted by molar-refractivity contribution is 0.515. The van der Waals surface area contributed by atoms with Gasteiger partial charge in [-0.1, -0.05) is 23.7 Å². The minimum atomic E-state index is -1.07. The maximum atomic E-state index is 14.2. The summed E-state index contributed by atoms with van der Waals surface area (Å²) in [5.74, 6) is -2.08. The first-order chi connectivity index (χ1) is 14.0. The SMILES string of the molecule is O=c1cc(CN(Cc2ccccn2)c2cccc(Cl)c2)c2ccc(F)c(F)c2[nH]1. The first-order valence-electron chi connectivity index (χ1n) is 8.91. The Labute approximate surface area is 170 Å². The highest BCUT2D eigenvalue weighted by Crippen LogP contribution is 2.26. The number of pyridine rings is 2. The van der Waals surface area contributed by atoms with Crippen molar-refractivity contribution in [3.63, 3.8) is 0 Å². The van der Waals surface area contributed by atoms with Gasteiger partial charge >= 0.3 is 0 Å². The quantitative estimate of drug-likeness (QED) is 0.499. The number of fused-ring (bicyclic) bond motifs is 1. The van der Waals surface area contributed by atoms with Crippen molar-refractivity contribution in [1.82, 2.24) is 9.97 Å². The molecule has 0 saturated heterocycles. The molecule has 0 atom stereocenters. The first kappa shape index (κ1) is 19.1. The van der Waals surface area contributed by atoms with Crippen molar-refractivity contribution in [2.75, 3.05) is 4.90 Å². The molecule has 4 rings (SSSR count). The topological polar surface area (TPSA) is 49.0 Å². The minimum absolute atomic E-state index is 0.142. The molecule has 2 aromatic carbocycles. The van der Waals surface area contributed by atoms with Crippen LogP contribution in [-0.2, 0) is 13.1 Å². The van der Waals surface area contributed by atoms with Crippen molar-refractivity contribution in [2.24, 2.45) is 0 Å². The lowest BCUT2D eigenvalue weighted by Crippen LogP contribution is -2.24. The van der Waals surface area contributed by atoms with Gasteiger partial charge in [0, 0.05) is 34.9 Å². The molecule has 0 radical (unpaired) electrons. The van der Waals surface area contributed by atoms with Gasteiger partial charge in [0.15, 0.2) is 11.6 Å². The predicted octanol–water partition coefficient (Wildman–Crippen LogP) is 5.06. The van der Waals surface area contributed by atoms with E-state index in [-0.39, 0.29) is 12.1 Å². The standard InChI is InChI=1S/C22H16ClF2N3O/c23-15-4-3-6-17(11-15)28(13-16-5-1-2-9-26-16)12-14-10-20(29)27-22-18(14)7-8-19(24)21(22)25/h1-11H,12-13H2,(H,27,29). The molecule has 146 valence electrons. The van der Waals surface area contributed by atoms with Crippen LogP contribution in [0.4, 0.5) is 14.5 Å².